The number of hydrogen-bond acceptors (Lipinski definition) is 6. The van der Waals surface area contributed by atoms with Gasteiger partial charge in [-0.1, -0.05) is 0 Å². The number of nitrogen functional groups attached to an aromatic ring is 1. The molecular formula is C11H17N5O2. The Balaban J connectivity index is 2.10. The molecule has 1 unspecified atom stereocenters. The van der Waals surface area contributed by atoms with E-state index in [2.05, 4.69) is 15.6 Å². The van der Waals surface area contributed by atoms with E-state index in [0.29, 0.717) is 25.3 Å². The lowest BCUT2D eigenvalue weighted by Crippen LogP contribution is -2.48. The van der Waals surface area contributed by atoms with E-state index in [1.165, 1.54) is 0 Å². The van der Waals surface area contributed by atoms with Gasteiger partial charge in [-0.15, -0.1) is 10.2 Å². The van der Waals surface area contributed by atoms with Crippen molar-refractivity contribution in [3.63, 3.8) is 0 Å². The van der Waals surface area contributed by atoms with Crippen LogP contribution in [0, 0.1) is 0 Å². The van der Waals surface area contributed by atoms with Gasteiger partial charge in [-0.05, 0) is 31.9 Å². The number of hydrogen-bond donors (Lipinski definition) is 3. The molecule has 0 spiro atoms. The Morgan fingerprint density at radius 3 is 2.89 bits per heavy atom. The fraction of sp³-hybridized carbons (Fsp3) is 0.545. The third-order valence-electron chi connectivity index (χ3n) is 2.99. The number of aromatic nitrogens is 2. The summed E-state index contributed by atoms with van der Waals surface area (Å²) < 4.78 is 0. The first-order chi connectivity index (χ1) is 8.52. The van der Waals surface area contributed by atoms with Crippen molar-refractivity contribution in [2.45, 2.75) is 25.4 Å². The van der Waals surface area contributed by atoms with Gasteiger partial charge in [0.15, 0.2) is 11.5 Å². The molecule has 2 rings (SSSR count). The number of anilines is 1. The highest BCUT2D eigenvalue weighted by Gasteiger charge is 2.31. The summed E-state index contributed by atoms with van der Waals surface area (Å²) in [4.78, 5) is 13.7. The van der Waals surface area contributed by atoms with Crippen LogP contribution in [-0.4, -0.2) is 44.8 Å². The quantitative estimate of drug-likeness (QED) is 0.494. The normalized spacial score (nSPS) is 23.8. The van der Waals surface area contributed by atoms with Crippen LogP contribution in [0.2, 0.25) is 0 Å². The molecule has 1 saturated heterocycles. The molecule has 0 aromatic carbocycles. The number of nitrogens with one attached hydrogen (secondary N) is 1. The number of nitrogens with zero attached hydrogens (tertiary/aromatic N) is 3. The van der Waals surface area contributed by atoms with Crippen LogP contribution in [0.4, 0.5) is 5.82 Å². The second-order valence-electron chi connectivity index (χ2n) is 4.78. The van der Waals surface area contributed by atoms with E-state index in [0.717, 1.165) is 6.42 Å². The Hall–Kier alpha value is -1.73. The third-order valence-corrected chi connectivity index (χ3v) is 2.99. The number of rotatable bonds is 2. The number of aliphatic hydroxyl groups is 1. The lowest BCUT2D eigenvalue weighted by molar-refractivity contribution is -0.0109. The average molecular weight is 251 g/mol. The molecule has 7 heteroatoms. The molecule has 1 aromatic heterocycles. The average Bonchev–Trinajstić information content (AvgIpc) is 2.37. The minimum absolute atomic E-state index is 0.217. The molecule has 1 aliphatic heterocycles. The number of amides is 1. The molecule has 1 aliphatic rings. The predicted octanol–water partition coefficient (Wildman–Crippen LogP) is -0.251. The van der Waals surface area contributed by atoms with Crippen LogP contribution in [0.15, 0.2) is 12.1 Å². The van der Waals surface area contributed by atoms with Crippen LogP contribution in [0.3, 0.4) is 0 Å². The lowest BCUT2D eigenvalue weighted by atomic mass is 9.95. The van der Waals surface area contributed by atoms with Crippen molar-refractivity contribution in [1.82, 2.24) is 15.1 Å². The third kappa shape index (κ3) is 2.74. The summed E-state index contributed by atoms with van der Waals surface area (Å²) >= 11 is 0. The zero-order chi connectivity index (χ0) is 13.2. The summed E-state index contributed by atoms with van der Waals surface area (Å²) in [7, 11) is 0. The van der Waals surface area contributed by atoms with E-state index in [-0.39, 0.29) is 11.6 Å². The highest BCUT2D eigenvalue weighted by atomic mass is 16.3. The fourth-order valence-corrected chi connectivity index (χ4v) is 2.08. The Morgan fingerprint density at radius 2 is 2.33 bits per heavy atom. The summed E-state index contributed by atoms with van der Waals surface area (Å²) in [6.45, 7) is 2.69. The number of nitrogens with two attached hydrogens (primary N) is 1. The van der Waals surface area contributed by atoms with Crippen molar-refractivity contribution in [3.8, 4) is 0 Å². The van der Waals surface area contributed by atoms with Crippen molar-refractivity contribution < 1.29 is 9.90 Å². The maximum atomic E-state index is 12.1. The smallest absolute Gasteiger partial charge is 0.274 e. The van der Waals surface area contributed by atoms with Gasteiger partial charge in [0.1, 0.15) is 0 Å². The van der Waals surface area contributed by atoms with Crippen LogP contribution in [0.5, 0.6) is 0 Å². The number of β-amino-alcohol motifs (C(OH)–C–C–N with tert-alkyl or cyclic N) is 1. The van der Waals surface area contributed by atoms with Crippen molar-refractivity contribution in [2.75, 3.05) is 18.5 Å². The second kappa shape index (κ2) is 4.87. The van der Waals surface area contributed by atoms with E-state index in [9.17, 15) is 9.90 Å². The zero-order valence-electron chi connectivity index (χ0n) is 10.3. The van der Waals surface area contributed by atoms with Crippen LogP contribution in [-0.2, 0) is 0 Å². The van der Waals surface area contributed by atoms with E-state index < -0.39 is 5.60 Å². The minimum atomic E-state index is -0.819. The van der Waals surface area contributed by atoms with Gasteiger partial charge in [-0.25, -0.2) is 5.84 Å². The molecule has 7 nitrogen and oxygen atoms in total. The van der Waals surface area contributed by atoms with Gasteiger partial charge in [0.05, 0.1) is 5.60 Å². The van der Waals surface area contributed by atoms with Gasteiger partial charge >= 0.3 is 0 Å². The van der Waals surface area contributed by atoms with Crippen molar-refractivity contribution >= 4 is 11.7 Å². The Bertz CT molecular complexity index is 432. The summed E-state index contributed by atoms with van der Waals surface area (Å²) in [6.07, 6.45) is 1.49. The van der Waals surface area contributed by atoms with E-state index in [1.807, 2.05) is 0 Å². The molecule has 4 N–H and O–H groups in total. The zero-order valence-corrected chi connectivity index (χ0v) is 10.3. The maximum absolute atomic E-state index is 12.1. The molecule has 18 heavy (non-hydrogen) atoms. The van der Waals surface area contributed by atoms with Gasteiger partial charge in [-0.3, -0.25) is 4.79 Å². The summed E-state index contributed by atoms with van der Waals surface area (Å²) in [6, 6.07) is 3.15. The molecule has 0 aliphatic carbocycles. The number of hydrazine groups is 1. The first-order valence-electron chi connectivity index (χ1n) is 5.84. The monoisotopic (exact) mass is 251 g/mol. The highest BCUT2D eigenvalue weighted by Crippen LogP contribution is 2.21. The Morgan fingerprint density at radius 1 is 1.56 bits per heavy atom. The van der Waals surface area contributed by atoms with E-state index >= 15 is 0 Å². The van der Waals surface area contributed by atoms with Gasteiger partial charge < -0.3 is 15.4 Å². The summed E-state index contributed by atoms with van der Waals surface area (Å²) in [5.41, 5.74) is 1.78. The summed E-state index contributed by atoms with van der Waals surface area (Å²) in [5.74, 6) is 5.36. The minimum Gasteiger partial charge on any atom is -0.388 e. The standard InChI is InChI=1S/C11H17N5O2/c1-11(18)5-2-6-16(7-11)10(17)8-3-4-9(13-12)15-14-8/h3-4,18H,2,5-7,12H2,1H3,(H,13,15). The van der Waals surface area contributed by atoms with E-state index in [4.69, 9.17) is 5.84 Å². The first-order valence-corrected chi connectivity index (χ1v) is 5.84. The van der Waals surface area contributed by atoms with Gasteiger partial charge in [0, 0.05) is 13.1 Å². The molecule has 0 radical (unpaired) electrons. The molecule has 98 valence electrons. The predicted molar refractivity (Wildman–Crippen MR) is 65.6 cm³/mol. The molecular weight excluding hydrogens is 234 g/mol. The van der Waals surface area contributed by atoms with Crippen molar-refractivity contribution in [2.24, 2.45) is 5.84 Å². The van der Waals surface area contributed by atoms with Crippen LogP contribution in [0.1, 0.15) is 30.3 Å². The van der Waals surface area contributed by atoms with Gasteiger partial charge in [0.25, 0.3) is 5.91 Å². The van der Waals surface area contributed by atoms with Crippen LogP contribution in [0.25, 0.3) is 0 Å². The second-order valence-corrected chi connectivity index (χ2v) is 4.78. The number of piperidine rings is 1. The molecule has 2 heterocycles. The Kier molecular flexibility index (Phi) is 3.44. The van der Waals surface area contributed by atoms with E-state index in [1.54, 1.807) is 24.0 Å². The SMILES string of the molecule is CC1(O)CCCN(C(=O)c2ccc(NN)nn2)C1. The van der Waals surface area contributed by atoms with Crippen molar-refractivity contribution in [1.29, 1.82) is 0 Å². The highest BCUT2D eigenvalue weighted by molar-refractivity contribution is 5.92. The van der Waals surface area contributed by atoms with Crippen molar-refractivity contribution in [3.05, 3.63) is 17.8 Å². The fourth-order valence-electron chi connectivity index (χ4n) is 2.08. The Labute approximate surface area is 105 Å². The molecule has 0 saturated carbocycles. The summed E-state index contributed by atoms with van der Waals surface area (Å²) in [5, 5.41) is 17.5. The van der Waals surface area contributed by atoms with Gasteiger partial charge in [-0.2, -0.15) is 0 Å². The first kappa shape index (κ1) is 12.7. The molecule has 1 amide bonds. The molecule has 1 aromatic rings. The maximum Gasteiger partial charge on any atom is 0.274 e. The van der Waals surface area contributed by atoms with Crippen LogP contribution < -0.4 is 11.3 Å². The molecule has 1 fully saturated rings. The number of carbonyl (C=O) groups excluding carboxylic acids is 1. The van der Waals surface area contributed by atoms with Gasteiger partial charge in [0.2, 0.25) is 0 Å². The lowest BCUT2D eigenvalue weighted by Gasteiger charge is -2.36. The molecule has 1 atom stereocenters. The topological polar surface area (TPSA) is 104 Å². The number of likely N-dealkylation sites (tertiary alicyclic amines) is 1. The molecule has 0 bridgehead atoms. The van der Waals surface area contributed by atoms with Crippen LogP contribution >= 0.6 is 0 Å². The largest absolute Gasteiger partial charge is 0.388 e. The number of carbonyl (C=O) groups is 1.